The fraction of sp³-hybridized carbons (Fsp3) is 0.562. The highest BCUT2D eigenvalue weighted by molar-refractivity contribution is 9.11. The van der Waals surface area contributed by atoms with Gasteiger partial charge in [-0.2, -0.15) is 0 Å². The Morgan fingerprint density at radius 3 is 2.36 bits per heavy atom. The summed E-state index contributed by atoms with van der Waals surface area (Å²) in [5.74, 6) is 0.225. The van der Waals surface area contributed by atoms with Gasteiger partial charge in [-0.1, -0.05) is 31.9 Å². The molecule has 0 aliphatic carbocycles. The molecule has 1 N–H and O–H groups in total. The molecule has 1 fully saturated rings. The number of aliphatic hydroxyl groups excluding tert-OH is 1. The highest BCUT2D eigenvalue weighted by Gasteiger charge is 2.33. The van der Waals surface area contributed by atoms with E-state index in [0.717, 1.165) is 20.9 Å². The Labute approximate surface area is 148 Å². The lowest BCUT2D eigenvalue weighted by atomic mass is 9.89. The van der Waals surface area contributed by atoms with Crippen molar-refractivity contribution >= 4 is 38.0 Å². The van der Waals surface area contributed by atoms with Crippen LogP contribution in [0.3, 0.4) is 0 Å². The minimum Gasteiger partial charge on any atom is -0.444 e. The predicted molar refractivity (Wildman–Crippen MR) is 92.8 cm³/mol. The zero-order valence-electron chi connectivity index (χ0n) is 13.0. The fourth-order valence-electron chi connectivity index (χ4n) is 2.59. The number of carbonyl (C=O) groups is 1. The summed E-state index contributed by atoms with van der Waals surface area (Å²) in [6.07, 6.45) is 0.0571. The first-order chi connectivity index (χ1) is 10.2. The predicted octanol–water partition coefficient (Wildman–Crippen LogP) is 4.64. The molecule has 1 amide bonds. The van der Waals surface area contributed by atoms with Crippen LogP contribution in [0.25, 0.3) is 0 Å². The van der Waals surface area contributed by atoms with Crippen LogP contribution < -0.4 is 0 Å². The molecule has 6 heteroatoms. The first-order valence-electron chi connectivity index (χ1n) is 7.29. The van der Waals surface area contributed by atoms with Gasteiger partial charge in [0.2, 0.25) is 0 Å². The average molecular weight is 435 g/mol. The van der Waals surface area contributed by atoms with Crippen LogP contribution in [0.2, 0.25) is 0 Å². The second-order valence-corrected chi connectivity index (χ2v) is 8.41. The Morgan fingerprint density at radius 2 is 1.86 bits per heavy atom. The van der Waals surface area contributed by atoms with Crippen LogP contribution in [-0.4, -0.2) is 34.5 Å². The third-order valence-electron chi connectivity index (χ3n) is 3.56. The SMILES string of the molecule is CC(C)(C)OC(=O)N1CCC(c2cc(Br)cc(Br)c2)CC1O. The topological polar surface area (TPSA) is 49.8 Å². The molecule has 22 heavy (non-hydrogen) atoms. The number of nitrogens with zero attached hydrogens (tertiary/aromatic N) is 1. The number of ether oxygens (including phenoxy) is 1. The van der Waals surface area contributed by atoms with E-state index in [1.54, 1.807) is 0 Å². The molecule has 0 spiro atoms. The van der Waals surface area contributed by atoms with Gasteiger partial charge >= 0.3 is 6.09 Å². The normalized spacial score (nSPS) is 22.5. The van der Waals surface area contributed by atoms with Crippen molar-refractivity contribution in [3.05, 3.63) is 32.7 Å². The number of aliphatic hydroxyl groups is 1. The van der Waals surface area contributed by atoms with Gasteiger partial charge in [0.15, 0.2) is 0 Å². The van der Waals surface area contributed by atoms with Gasteiger partial charge in [0.25, 0.3) is 0 Å². The molecule has 2 unspecified atom stereocenters. The maximum atomic E-state index is 12.1. The van der Waals surface area contributed by atoms with Gasteiger partial charge in [-0.15, -0.1) is 0 Å². The molecule has 0 aromatic heterocycles. The van der Waals surface area contributed by atoms with Crippen molar-refractivity contribution in [1.29, 1.82) is 0 Å². The van der Waals surface area contributed by atoms with Crippen LogP contribution in [0.4, 0.5) is 4.79 Å². The number of likely N-dealkylation sites (tertiary alicyclic amines) is 1. The Bertz CT molecular complexity index is 537. The summed E-state index contributed by atoms with van der Waals surface area (Å²) in [4.78, 5) is 13.5. The minimum atomic E-state index is -0.814. The summed E-state index contributed by atoms with van der Waals surface area (Å²) in [5, 5.41) is 10.3. The molecular weight excluding hydrogens is 414 g/mol. The number of rotatable bonds is 1. The van der Waals surface area contributed by atoms with E-state index < -0.39 is 17.9 Å². The molecule has 1 aliphatic rings. The van der Waals surface area contributed by atoms with Gasteiger partial charge in [0.05, 0.1) is 0 Å². The maximum absolute atomic E-state index is 12.1. The smallest absolute Gasteiger partial charge is 0.412 e. The summed E-state index contributed by atoms with van der Waals surface area (Å²) in [6.45, 7) is 5.96. The molecule has 2 atom stereocenters. The molecule has 2 rings (SSSR count). The first-order valence-corrected chi connectivity index (χ1v) is 8.88. The van der Waals surface area contributed by atoms with Crippen LogP contribution in [0.1, 0.15) is 45.1 Å². The standard InChI is InChI=1S/C16H21Br2NO3/c1-16(2,3)22-15(21)19-5-4-10(8-14(19)20)11-6-12(17)9-13(18)7-11/h6-7,9-10,14,20H,4-5,8H2,1-3H3. The Hall–Kier alpha value is -0.590. The second-order valence-electron chi connectivity index (χ2n) is 6.58. The monoisotopic (exact) mass is 433 g/mol. The third kappa shape index (κ3) is 4.70. The lowest BCUT2D eigenvalue weighted by Crippen LogP contribution is -2.47. The van der Waals surface area contributed by atoms with Crippen LogP contribution in [-0.2, 0) is 4.74 Å². The lowest BCUT2D eigenvalue weighted by molar-refractivity contribution is -0.0492. The van der Waals surface area contributed by atoms with E-state index >= 15 is 0 Å². The molecule has 0 saturated carbocycles. The molecule has 1 aliphatic heterocycles. The number of carbonyl (C=O) groups excluding carboxylic acids is 1. The number of hydrogen-bond donors (Lipinski definition) is 1. The number of halogens is 2. The highest BCUT2D eigenvalue weighted by Crippen LogP contribution is 2.34. The third-order valence-corrected chi connectivity index (χ3v) is 4.47. The maximum Gasteiger partial charge on any atom is 0.412 e. The summed E-state index contributed by atoms with van der Waals surface area (Å²) in [5.41, 5.74) is 0.604. The summed E-state index contributed by atoms with van der Waals surface area (Å²) in [7, 11) is 0. The molecule has 1 saturated heterocycles. The molecule has 4 nitrogen and oxygen atoms in total. The summed E-state index contributed by atoms with van der Waals surface area (Å²) < 4.78 is 7.34. The van der Waals surface area contributed by atoms with E-state index in [9.17, 15) is 9.90 Å². The Kier molecular flexibility index (Phi) is 5.56. The van der Waals surface area contributed by atoms with Gasteiger partial charge in [0.1, 0.15) is 11.8 Å². The molecule has 1 aromatic rings. The Morgan fingerprint density at radius 1 is 1.27 bits per heavy atom. The second kappa shape index (κ2) is 6.89. The van der Waals surface area contributed by atoms with Gasteiger partial charge in [-0.25, -0.2) is 4.79 Å². The first kappa shape index (κ1) is 17.8. The van der Waals surface area contributed by atoms with Crippen LogP contribution in [0.15, 0.2) is 27.1 Å². The average Bonchev–Trinajstić information content (AvgIpc) is 2.35. The zero-order chi connectivity index (χ0) is 16.5. The van der Waals surface area contributed by atoms with Crippen molar-refractivity contribution in [2.75, 3.05) is 6.54 Å². The van der Waals surface area contributed by atoms with Crippen LogP contribution in [0, 0.1) is 0 Å². The molecule has 1 aromatic carbocycles. The van der Waals surface area contributed by atoms with Crippen LogP contribution in [0.5, 0.6) is 0 Å². The van der Waals surface area contributed by atoms with Crippen LogP contribution >= 0.6 is 31.9 Å². The molecule has 1 heterocycles. The van der Waals surface area contributed by atoms with E-state index in [-0.39, 0.29) is 5.92 Å². The summed E-state index contributed by atoms with van der Waals surface area (Å²) in [6, 6.07) is 6.10. The number of amides is 1. The van der Waals surface area contributed by atoms with Crippen molar-refractivity contribution < 1.29 is 14.6 Å². The Balaban J connectivity index is 2.05. The summed E-state index contributed by atoms with van der Waals surface area (Å²) >= 11 is 6.97. The van der Waals surface area contributed by atoms with Crippen molar-refractivity contribution in [2.45, 2.75) is 51.4 Å². The molecule has 0 bridgehead atoms. The van der Waals surface area contributed by atoms with Crippen molar-refractivity contribution in [2.24, 2.45) is 0 Å². The van der Waals surface area contributed by atoms with Gasteiger partial charge in [-0.05, 0) is 63.3 Å². The molecule has 0 radical (unpaired) electrons. The van der Waals surface area contributed by atoms with Crippen molar-refractivity contribution in [1.82, 2.24) is 4.90 Å². The van der Waals surface area contributed by atoms with E-state index in [1.165, 1.54) is 4.90 Å². The van der Waals surface area contributed by atoms with Crippen molar-refractivity contribution in [3.8, 4) is 0 Å². The fourth-order valence-corrected chi connectivity index (χ4v) is 3.92. The van der Waals surface area contributed by atoms with Gasteiger partial charge in [-0.3, -0.25) is 4.90 Å². The number of hydrogen-bond acceptors (Lipinski definition) is 3. The molecular formula is C16H21Br2NO3. The zero-order valence-corrected chi connectivity index (χ0v) is 16.1. The van der Waals surface area contributed by atoms with E-state index in [4.69, 9.17) is 4.74 Å². The van der Waals surface area contributed by atoms with Crippen molar-refractivity contribution in [3.63, 3.8) is 0 Å². The van der Waals surface area contributed by atoms with E-state index in [0.29, 0.717) is 13.0 Å². The quantitative estimate of drug-likeness (QED) is 0.700. The highest BCUT2D eigenvalue weighted by atomic mass is 79.9. The minimum absolute atomic E-state index is 0.225. The molecule has 122 valence electrons. The lowest BCUT2D eigenvalue weighted by Gasteiger charge is -2.37. The number of benzene rings is 1. The van der Waals surface area contributed by atoms with Gasteiger partial charge in [0, 0.05) is 15.5 Å². The van der Waals surface area contributed by atoms with E-state index in [1.807, 2.05) is 26.8 Å². The largest absolute Gasteiger partial charge is 0.444 e. The van der Waals surface area contributed by atoms with E-state index in [2.05, 4.69) is 44.0 Å². The number of piperidine rings is 1. The van der Waals surface area contributed by atoms with Gasteiger partial charge < -0.3 is 9.84 Å².